The van der Waals surface area contributed by atoms with Gasteiger partial charge < -0.3 is 10.6 Å². The third kappa shape index (κ3) is 4.44. The summed E-state index contributed by atoms with van der Waals surface area (Å²) < 4.78 is 0. The Labute approximate surface area is 111 Å². The predicted octanol–water partition coefficient (Wildman–Crippen LogP) is 3.32. The van der Waals surface area contributed by atoms with Crippen LogP contribution in [0, 0.1) is 0 Å². The molecule has 17 heavy (non-hydrogen) atoms. The van der Waals surface area contributed by atoms with E-state index in [1.54, 1.807) is 18.2 Å². The van der Waals surface area contributed by atoms with Crippen LogP contribution in [0.5, 0.6) is 0 Å². The van der Waals surface area contributed by atoms with Crippen LogP contribution in [0.2, 0.25) is 10.0 Å². The second-order valence-electron chi connectivity index (χ2n) is 3.83. The van der Waals surface area contributed by atoms with Crippen LogP contribution in [-0.2, 0) is 4.79 Å². The van der Waals surface area contributed by atoms with Crippen LogP contribution in [0.4, 0.5) is 5.69 Å². The Kier molecular flexibility index (Phi) is 5.59. The summed E-state index contributed by atoms with van der Waals surface area (Å²) in [5.74, 6) is -0.0598. The van der Waals surface area contributed by atoms with Crippen LogP contribution in [0.15, 0.2) is 18.2 Å². The second-order valence-corrected chi connectivity index (χ2v) is 4.62. The first-order valence-corrected chi connectivity index (χ1v) is 6.27. The quantitative estimate of drug-likeness (QED) is 0.865. The topological polar surface area (TPSA) is 41.1 Å². The van der Waals surface area contributed by atoms with Crippen molar-refractivity contribution in [2.75, 3.05) is 11.9 Å². The fourth-order valence-electron chi connectivity index (χ4n) is 1.24. The van der Waals surface area contributed by atoms with Crippen molar-refractivity contribution in [1.29, 1.82) is 0 Å². The monoisotopic (exact) mass is 274 g/mol. The summed E-state index contributed by atoms with van der Waals surface area (Å²) in [6, 6.07) is 5.45. The molecule has 1 aromatic carbocycles. The highest BCUT2D eigenvalue weighted by Gasteiger charge is 2.07. The van der Waals surface area contributed by atoms with Gasteiger partial charge in [-0.25, -0.2) is 0 Å². The molecule has 0 aliphatic heterocycles. The van der Waals surface area contributed by atoms with Gasteiger partial charge in [0.1, 0.15) is 0 Å². The van der Waals surface area contributed by atoms with E-state index >= 15 is 0 Å². The molecule has 0 aliphatic rings. The Morgan fingerprint density at radius 2 is 2.12 bits per heavy atom. The maximum Gasteiger partial charge on any atom is 0.239 e. The van der Waals surface area contributed by atoms with E-state index in [0.29, 0.717) is 15.7 Å². The number of anilines is 1. The van der Waals surface area contributed by atoms with Gasteiger partial charge in [0.05, 0.1) is 22.3 Å². The zero-order chi connectivity index (χ0) is 12.8. The highest BCUT2D eigenvalue weighted by molar-refractivity contribution is 6.43. The van der Waals surface area contributed by atoms with E-state index in [1.165, 1.54) is 0 Å². The lowest BCUT2D eigenvalue weighted by molar-refractivity contribution is -0.120. The van der Waals surface area contributed by atoms with E-state index in [-0.39, 0.29) is 18.5 Å². The summed E-state index contributed by atoms with van der Waals surface area (Å²) in [4.78, 5) is 11.5. The summed E-state index contributed by atoms with van der Waals surface area (Å²) in [6.07, 6.45) is 0.906. The predicted molar refractivity (Wildman–Crippen MR) is 72.8 cm³/mol. The summed E-state index contributed by atoms with van der Waals surface area (Å²) in [5, 5.41) is 6.72. The molecule has 1 aromatic rings. The SMILES string of the molecule is CCC(C)NC(=O)CNc1cccc(Cl)c1Cl. The average molecular weight is 275 g/mol. The Morgan fingerprint density at radius 3 is 2.76 bits per heavy atom. The molecule has 0 fully saturated rings. The van der Waals surface area contributed by atoms with Gasteiger partial charge in [0, 0.05) is 6.04 Å². The fourth-order valence-corrected chi connectivity index (χ4v) is 1.61. The van der Waals surface area contributed by atoms with Gasteiger partial charge in [-0.3, -0.25) is 4.79 Å². The fraction of sp³-hybridized carbons (Fsp3) is 0.417. The number of carbonyl (C=O) groups is 1. The minimum atomic E-state index is -0.0598. The van der Waals surface area contributed by atoms with E-state index in [4.69, 9.17) is 23.2 Å². The molecule has 94 valence electrons. The molecule has 1 atom stereocenters. The highest BCUT2D eigenvalue weighted by Crippen LogP contribution is 2.29. The van der Waals surface area contributed by atoms with Crippen LogP contribution < -0.4 is 10.6 Å². The normalized spacial score (nSPS) is 12.0. The van der Waals surface area contributed by atoms with Crippen molar-refractivity contribution in [3.63, 3.8) is 0 Å². The van der Waals surface area contributed by atoms with Crippen molar-refractivity contribution in [3.05, 3.63) is 28.2 Å². The van der Waals surface area contributed by atoms with Gasteiger partial charge in [0.15, 0.2) is 0 Å². The standard InChI is InChI=1S/C12H16Cl2N2O/c1-3-8(2)16-11(17)7-15-10-6-4-5-9(13)12(10)14/h4-6,8,15H,3,7H2,1-2H3,(H,16,17). The second kappa shape index (κ2) is 6.72. The maximum absolute atomic E-state index is 11.5. The van der Waals surface area contributed by atoms with Crippen molar-refractivity contribution in [2.45, 2.75) is 26.3 Å². The van der Waals surface area contributed by atoms with E-state index < -0.39 is 0 Å². The molecule has 1 amide bonds. The molecule has 0 aliphatic carbocycles. The minimum Gasteiger partial charge on any atom is -0.375 e. The number of amides is 1. The third-order valence-electron chi connectivity index (χ3n) is 2.41. The van der Waals surface area contributed by atoms with Crippen molar-refractivity contribution >= 4 is 34.8 Å². The molecule has 0 radical (unpaired) electrons. The molecule has 0 bridgehead atoms. The summed E-state index contributed by atoms with van der Waals surface area (Å²) in [6.45, 7) is 4.17. The molecule has 0 heterocycles. The van der Waals surface area contributed by atoms with Crippen LogP contribution >= 0.6 is 23.2 Å². The molecule has 3 nitrogen and oxygen atoms in total. The first-order valence-electron chi connectivity index (χ1n) is 5.51. The number of benzene rings is 1. The summed E-state index contributed by atoms with van der Waals surface area (Å²) >= 11 is 11.8. The largest absolute Gasteiger partial charge is 0.375 e. The number of halogens is 2. The van der Waals surface area contributed by atoms with Crippen LogP contribution in [0.1, 0.15) is 20.3 Å². The van der Waals surface area contributed by atoms with Crippen molar-refractivity contribution in [1.82, 2.24) is 5.32 Å². The smallest absolute Gasteiger partial charge is 0.239 e. The zero-order valence-corrected chi connectivity index (χ0v) is 11.4. The highest BCUT2D eigenvalue weighted by atomic mass is 35.5. The van der Waals surface area contributed by atoms with E-state index in [0.717, 1.165) is 6.42 Å². The first-order chi connectivity index (χ1) is 8.04. The average Bonchev–Trinajstić information content (AvgIpc) is 2.31. The maximum atomic E-state index is 11.5. The van der Waals surface area contributed by atoms with Gasteiger partial charge in [-0.2, -0.15) is 0 Å². The molecule has 1 rings (SSSR count). The Hall–Kier alpha value is -0.930. The number of nitrogens with one attached hydrogen (secondary N) is 2. The molecule has 1 unspecified atom stereocenters. The van der Waals surface area contributed by atoms with Crippen molar-refractivity contribution < 1.29 is 4.79 Å². The van der Waals surface area contributed by atoms with Gasteiger partial charge in [-0.15, -0.1) is 0 Å². The number of hydrogen-bond acceptors (Lipinski definition) is 2. The zero-order valence-electron chi connectivity index (χ0n) is 9.89. The lowest BCUT2D eigenvalue weighted by atomic mass is 10.2. The Bertz CT molecular complexity index is 396. The molecule has 0 saturated heterocycles. The van der Waals surface area contributed by atoms with Gasteiger partial charge in [-0.1, -0.05) is 36.2 Å². The van der Waals surface area contributed by atoms with E-state index in [2.05, 4.69) is 10.6 Å². The van der Waals surface area contributed by atoms with Gasteiger partial charge in [0.2, 0.25) is 5.91 Å². The number of carbonyl (C=O) groups excluding carboxylic acids is 1. The number of rotatable bonds is 5. The summed E-state index contributed by atoms with van der Waals surface area (Å²) in [7, 11) is 0. The molecular weight excluding hydrogens is 259 g/mol. The molecule has 0 aromatic heterocycles. The molecule has 2 N–H and O–H groups in total. The molecule has 0 saturated carbocycles. The lowest BCUT2D eigenvalue weighted by Crippen LogP contribution is -2.36. The van der Waals surface area contributed by atoms with E-state index in [9.17, 15) is 4.79 Å². The minimum absolute atomic E-state index is 0.0598. The Balaban J connectivity index is 2.50. The lowest BCUT2D eigenvalue weighted by Gasteiger charge is -2.13. The first kappa shape index (κ1) is 14.1. The van der Waals surface area contributed by atoms with E-state index in [1.807, 2.05) is 13.8 Å². The number of hydrogen-bond donors (Lipinski definition) is 2. The molecule has 0 spiro atoms. The molecule has 5 heteroatoms. The summed E-state index contributed by atoms with van der Waals surface area (Å²) in [5.41, 5.74) is 0.665. The van der Waals surface area contributed by atoms with Crippen molar-refractivity contribution in [2.24, 2.45) is 0 Å². The van der Waals surface area contributed by atoms with Crippen LogP contribution in [0.3, 0.4) is 0 Å². The van der Waals surface area contributed by atoms with Gasteiger partial charge in [-0.05, 0) is 25.5 Å². The Morgan fingerprint density at radius 1 is 1.41 bits per heavy atom. The van der Waals surface area contributed by atoms with Gasteiger partial charge >= 0.3 is 0 Å². The molecular formula is C12H16Cl2N2O. The third-order valence-corrected chi connectivity index (χ3v) is 3.23. The van der Waals surface area contributed by atoms with Crippen molar-refractivity contribution in [3.8, 4) is 0 Å². The van der Waals surface area contributed by atoms with Crippen LogP contribution in [0.25, 0.3) is 0 Å². The van der Waals surface area contributed by atoms with Crippen LogP contribution in [-0.4, -0.2) is 18.5 Å². The van der Waals surface area contributed by atoms with Gasteiger partial charge in [0.25, 0.3) is 0 Å².